The number of carbonyl (C=O) groups excluding carboxylic acids is 1. The van der Waals surface area contributed by atoms with Crippen LogP contribution in [0, 0.1) is 10.1 Å². The molecule has 6 heteroatoms. The Hall–Kier alpha value is -2.21. The summed E-state index contributed by atoms with van der Waals surface area (Å²) >= 11 is 3.36. The summed E-state index contributed by atoms with van der Waals surface area (Å²) in [6, 6.07) is 13.2. The van der Waals surface area contributed by atoms with E-state index in [2.05, 4.69) is 15.9 Å². The van der Waals surface area contributed by atoms with Crippen LogP contribution in [0.25, 0.3) is 0 Å². The molecule has 0 spiro atoms. The number of nitrogens with zero attached hydrogens (tertiary/aromatic N) is 1. The third-order valence-corrected chi connectivity index (χ3v) is 3.49. The fourth-order valence-electron chi connectivity index (χ4n) is 1.86. The minimum absolute atomic E-state index is 0.0115. The largest absolute Gasteiger partial charge is 0.457 e. The Morgan fingerprint density at radius 2 is 1.64 bits per heavy atom. The van der Waals surface area contributed by atoms with Gasteiger partial charge in [0.15, 0.2) is 0 Å². The lowest BCUT2D eigenvalue weighted by atomic mass is 10.1. The van der Waals surface area contributed by atoms with Crippen LogP contribution in [-0.2, 0) is 17.8 Å². The van der Waals surface area contributed by atoms with Crippen molar-refractivity contribution in [3.63, 3.8) is 0 Å². The second-order valence-electron chi connectivity index (χ2n) is 4.64. The monoisotopic (exact) mass is 363 g/mol. The maximum atomic E-state index is 11.9. The lowest BCUT2D eigenvalue weighted by molar-refractivity contribution is -0.384. The van der Waals surface area contributed by atoms with E-state index in [1.54, 1.807) is 24.3 Å². The summed E-state index contributed by atoms with van der Waals surface area (Å²) in [5, 5.41) is 11.4. The van der Waals surface area contributed by atoms with Crippen molar-refractivity contribution >= 4 is 27.6 Å². The van der Waals surface area contributed by atoms with Gasteiger partial charge in [-0.15, -0.1) is 0 Å². The summed E-state index contributed by atoms with van der Waals surface area (Å²) in [7, 11) is 0. The highest BCUT2D eigenvalue weighted by molar-refractivity contribution is 9.09. The number of hydrogen-bond donors (Lipinski definition) is 0. The molecular weight excluding hydrogens is 350 g/mol. The molecule has 0 amide bonds. The molecule has 0 aromatic heterocycles. The number of nitro benzene ring substituents is 1. The molecule has 0 aliphatic heterocycles. The normalized spacial score (nSPS) is 10.2. The van der Waals surface area contributed by atoms with E-state index < -0.39 is 10.9 Å². The Morgan fingerprint density at radius 3 is 2.18 bits per heavy atom. The second kappa shape index (κ2) is 7.70. The van der Waals surface area contributed by atoms with Gasteiger partial charge in [-0.25, -0.2) is 4.79 Å². The van der Waals surface area contributed by atoms with E-state index in [4.69, 9.17) is 4.74 Å². The highest BCUT2D eigenvalue weighted by atomic mass is 79.9. The Bertz CT molecular complexity index is 653. The van der Waals surface area contributed by atoms with Gasteiger partial charge in [0.2, 0.25) is 0 Å². The van der Waals surface area contributed by atoms with Gasteiger partial charge in [-0.3, -0.25) is 10.1 Å². The van der Waals surface area contributed by atoms with Gasteiger partial charge in [0.1, 0.15) is 6.61 Å². The van der Waals surface area contributed by atoms with Gasteiger partial charge in [-0.05, 0) is 41.8 Å². The molecule has 5 nitrogen and oxygen atoms in total. The van der Waals surface area contributed by atoms with Crippen LogP contribution in [0.3, 0.4) is 0 Å². The quantitative estimate of drug-likeness (QED) is 0.338. The number of ether oxygens (including phenoxy) is 1. The molecule has 0 heterocycles. The van der Waals surface area contributed by atoms with Crippen LogP contribution < -0.4 is 0 Å². The van der Waals surface area contributed by atoms with E-state index in [1.807, 2.05) is 12.1 Å². The number of aryl methyl sites for hydroxylation is 1. The molecule has 0 saturated heterocycles. The number of hydrogen-bond acceptors (Lipinski definition) is 4. The zero-order valence-corrected chi connectivity index (χ0v) is 13.3. The van der Waals surface area contributed by atoms with E-state index in [0.717, 1.165) is 17.3 Å². The van der Waals surface area contributed by atoms with Gasteiger partial charge < -0.3 is 4.74 Å². The van der Waals surface area contributed by atoms with Crippen LogP contribution in [-0.4, -0.2) is 16.2 Å². The fraction of sp³-hybridized carbons (Fsp3) is 0.188. The van der Waals surface area contributed by atoms with Gasteiger partial charge in [-0.2, -0.15) is 0 Å². The summed E-state index contributed by atoms with van der Waals surface area (Å²) in [5.41, 5.74) is 2.34. The number of alkyl halides is 1. The predicted molar refractivity (Wildman–Crippen MR) is 86.2 cm³/mol. The van der Waals surface area contributed by atoms with Crippen molar-refractivity contribution in [1.29, 1.82) is 0 Å². The lowest BCUT2D eigenvalue weighted by Gasteiger charge is -2.06. The first-order valence-corrected chi connectivity index (χ1v) is 7.77. The molecule has 0 aliphatic carbocycles. The topological polar surface area (TPSA) is 69.4 Å². The number of non-ortho nitro benzene ring substituents is 1. The summed E-state index contributed by atoms with van der Waals surface area (Å²) < 4.78 is 5.20. The number of rotatable bonds is 6. The lowest BCUT2D eigenvalue weighted by Crippen LogP contribution is -2.05. The molecule has 0 atom stereocenters. The zero-order valence-electron chi connectivity index (χ0n) is 11.7. The van der Waals surface area contributed by atoms with Crippen molar-refractivity contribution < 1.29 is 14.5 Å². The summed E-state index contributed by atoms with van der Waals surface area (Å²) in [6.45, 7) is 0.0833. The summed E-state index contributed by atoms with van der Waals surface area (Å²) in [6.07, 6.45) is 0.901. The minimum Gasteiger partial charge on any atom is -0.457 e. The molecular formula is C16H14BrNO4. The van der Waals surface area contributed by atoms with Gasteiger partial charge in [0.05, 0.1) is 10.5 Å². The first kappa shape index (κ1) is 16.2. The van der Waals surface area contributed by atoms with Crippen molar-refractivity contribution in [3.8, 4) is 0 Å². The first-order chi connectivity index (χ1) is 10.6. The Morgan fingerprint density at radius 1 is 1.05 bits per heavy atom. The molecule has 0 saturated carbocycles. The van der Waals surface area contributed by atoms with E-state index >= 15 is 0 Å². The first-order valence-electron chi connectivity index (χ1n) is 6.65. The second-order valence-corrected chi connectivity index (χ2v) is 5.43. The number of benzene rings is 2. The van der Waals surface area contributed by atoms with Gasteiger partial charge in [-0.1, -0.05) is 28.1 Å². The maximum absolute atomic E-state index is 11.9. The molecule has 0 unspecified atom stereocenters. The highest BCUT2D eigenvalue weighted by Crippen LogP contribution is 2.14. The zero-order chi connectivity index (χ0) is 15.9. The molecule has 2 rings (SSSR count). The van der Waals surface area contributed by atoms with Crippen LogP contribution in [0.4, 0.5) is 5.69 Å². The van der Waals surface area contributed by atoms with E-state index in [9.17, 15) is 14.9 Å². The number of nitro groups is 1. The molecule has 0 bridgehead atoms. The molecule has 2 aromatic rings. The van der Waals surface area contributed by atoms with E-state index in [0.29, 0.717) is 11.1 Å². The van der Waals surface area contributed by atoms with E-state index in [1.165, 1.54) is 12.1 Å². The minimum atomic E-state index is -0.468. The van der Waals surface area contributed by atoms with Crippen LogP contribution in [0.2, 0.25) is 0 Å². The van der Waals surface area contributed by atoms with Crippen molar-refractivity contribution in [1.82, 2.24) is 0 Å². The molecule has 0 fully saturated rings. The Labute approximate surface area is 136 Å². The maximum Gasteiger partial charge on any atom is 0.338 e. The summed E-state index contributed by atoms with van der Waals surface area (Å²) in [4.78, 5) is 22.0. The number of esters is 1. The molecule has 0 radical (unpaired) electrons. The fourth-order valence-corrected chi connectivity index (χ4v) is 2.32. The van der Waals surface area contributed by atoms with Gasteiger partial charge in [0, 0.05) is 17.5 Å². The molecule has 22 heavy (non-hydrogen) atoms. The SMILES string of the molecule is O=C(OCc1ccc([N+](=O)[O-])cc1)c1ccc(CCBr)cc1. The third-order valence-electron chi connectivity index (χ3n) is 3.09. The number of carbonyl (C=O) groups is 1. The van der Waals surface area contributed by atoms with Crippen LogP contribution >= 0.6 is 15.9 Å². The highest BCUT2D eigenvalue weighted by Gasteiger charge is 2.08. The van der Waals surface area contributed by atoms with Crippen LogP contribution in [0.5, 0.6) is 0 Å². The molecule has 0 aliphatic rings. The van der Waals surface area contributed by atoms with Crippen molar-refractivity contribution in [3.05, 3.63) is 75.3 Å². The molecule has 114 valence electrons. The van der Waals surface area contributed by atoms with Crippen molar-refractivity contribution in [2.24, 2.45) is 0 Å². The standard InChI is InChI=1S/C16H14BrNO4/c17-10-9-12-1-5-14(6-2-12)16(19)22-11-13-3-7-15(8-4-13)18(20)21/h1-8H,9-11H2. The van der Waals surface area contributed by atoms with E-state index in [-0.39, 0.29) is 12.3 Å². The Kier molecular flexibility index (Phi) is 5.66. The van der Waals surface area contributed by atoms with Gasteiger partial charge >= 0.3 is 5.97 Å². The van der Waals surface area contributed by atoms with Crippen molar-refractivity contribution in [2.45, 2.75) is 13.0 Å². The smallest absolute Gasteiger partial charge is 0.338 e. The average molecular weight is 364 g/mol. The van der Waals surface area contributed by atoms with Gasteiger partial charge in [0.25, 0.3) is 5.69 Å². The molecule has 2 aromatic carbocycles. The summed E-state index contributed by atoms with van der Waals surface area (Å²) in [5.74, 6) is -0.413. The van der Waals surface area contributed by atoms with Crippen molar-refractivity contribution in [2.75, 3.05) is 5.33 Å². The van der Waals surface area contributed by atoms with Crippen LogP contribution in [0.1, 0.15) is 21.5 Å². The Balaban J connectivity index is 1.93. The third kappa shape index (κ3) is 4.39. The molecule has 0 N–H and O–H groups in total. The number of halogens is 1. The predicted octanol–water partition coefficient (Wildman–Crippen LogP) is 3.89. The van der Waals surface area contributed by atoms with Crippen LogP contribution in [0.15, 0.2) is 48.5 Å². The average Bonchev–Trinajstić information content (AvgIpc) is 2.54.